The Bertz CT molecular complexity index is 466. The third-order valence-corrected chi connectivity index (χ3v) is 2.30. The highest BCUT2D eigenvalue weighted by Gasteiger charge is 2.14. The number of hydrogen-bond acceptors (Lipinski definition) is 4. The van der Waals surface area contributed by atoms with E-state index in [1.807, 2.05) is 0 Å². The van der Waals surface area contributed by atoms with Gasteiger partial charge in [0.1, 0.15) is 11.9 Å². The van der Waals surface area contributed by atoms with Gasteiger partial charge in [0.25, 0.3) is 0 Å². The first-order valence-corrected chi connectivity index (χ1v) is 5.20. The lowest BCUT2D eigenvalue weighted by Gasteiger charge is -2.09. The van der Waals surface area contributed by atoms with Gasteiger partial charge in [-0.15, -0.1) is 0 Å². The van der Waals surface area contributed by atoms with E-state index in [9.17, 15) is 9.18 Å². The van der Waals surface area contributed by atoms with Gasteiger partial charge in [-0.3, -0.25) is 4.79 Å². The summed E-state index contributed by atoms with van der Waals surface area (Å²) in [6.45, 7) is 1.91. The first kappa shape index (κ1) is 13.1. The molecule has 1 aromatic carbocycles. The van der Waals surface area contributed by atoms with Gasteiger partial charge in [-0.25, -0.2) is 4.39 Å². The van der Waals surface area contributed by atoms with E-state index < -0.39 is 11.8 Å². The zero-order valence-corrected chi connectivity index (χ0v) is 9.50. The van der Waals surface area contributed by atoms with Crippen LogP contribution < -0.4 is 5.73 Å². The van der Waals surface area contributed by atoms with E-state index in [0.717, 1.165) is 0 Å². The first-order chi connectivity index (χ1) is 8.13. The molecule has 90 valence electrons. The fourth-order valence-electron chi connectivity index (χ4n) is 1.50. The van der Waals surface area contributed by atoms with Crippen LogP contribution in [0, 0.1) is 17.1 Å². The summed E-state index contributed by atoms with van der Waals surface area (Å²) in [5, 5.41) is 8.67. The molecule has 0 heterocycles. The van der Waals surface area contributed by atoms with E-state index >= 15 is 0 Å². The van der Waals surface area contributed by atoms with Crippen LogP contribution in [0.15, 0.2) is 12.1 Å². The molecule has 0 atom stereocenters. The van der Waals surface area contributed by atoms with Gasteiger partial charge >= 0.3 is 5.97 Å². The lowest BCUT2D eigenvalue weighted by atomic mass is 10.0. The molecule has 0 aromatic heterocycles. The van der Waals surface area contributed by atoms with Crippen molar-refractivity contribution in [3.05, 3.63) is 34.6 Å². The molecule has 0 spiro atoms. The molecule has 0 fully saturated rings. The van der Waals surface area contributed by atoms with Crippen LogP contribution in [-0.2, 0) is 22.5 Å². The highest BCUT2D eigenvalue weighted by molar-refractivity contribution is 5.73. The summed E-state index contributed by atoms with van der Waals surface area (Å²) in [4.78, 5) is 11.3. The van der Waals surface area contributed by atoms with Crippen molar-refractivity contribution in [3.63, 3.8) is 0 Å². The van der Waals surface area contributed by atoms with E-state index in [1.54, 1.807) is 13.0 Å². The SMILES string of the molecule is CCOC(=O)Cc1ccc(C#N)c(F)c1CN. The molecule has 0 radical (unpaired) electrons. The zero-order chi connectivity index (χ0) is 12.8. The summed E-state index contributed by atoms with van der Waals surface area (Å²) in [7, 11) is 0. The summed E-state index contributed by atoms with van der Waals surface area (Å²) >= 11 is 0. The van der Waals surface area contributed by atoms with Gasteiger partial charge in [0, 0.05) is 12.1 Å². The largest absolute Gasteiger partial charge is 0.466 e. The molecule has 0 aliphatic carbocycles. The predicted molar refractivity (Wildman–Crippen MR) is 59.3 cm³/mol. The number of halogens is 1. The van der Waals surface area contributed by atoms with Crippen molar-refractivity contribution >= 4 is 5.97 Å². The van der Waals surface area contributed by atoms with Crippen LogP contribution in [0.3, 0.4) is 0 Å². The van der Waals surface area contributed by atoms with Gasteiger partial charge in [-0.05, 0) is 18.6 Å². The topological polar surface area (TPSA) is 76.1 Å². The molecular weight excluding hydrogens is 223 g/mol. The van der Waals surface area contributed by atoms with Crippen molar-refractivity contribution in [1.82, 2.24) is 0 Å². The number of nitrogens with two attached hydrogens (primary N) is 1. The van der Waals surface area contributed by atoms with E-state index in [-0.39, 0.29) is 30.7 Å². The van der Waals surface area contributed by atoms with Gasteiger partial charge in [-0.1, -0.05) is 6.07 Å². The summed E-state index contributed by atoms with van der Waals surface area (Å²) in [6, 6.07) is 4.59. The third-order valence-electron chi connectivity index (χ3n) is 2.30. The predicted octanol–water partition coefficient (Wildman–Crippen LogP) is 1.26. The molecule has 0 saturated carbocycles. The molecule has 0 bridgehead atoms. The smallest absolute Gasteiger partial charge is 0.310 e. The van der Waals surface area contributed by atoms with E-state index in [4.69, 9.17) is 15.7 Å². The average molecular weight is 236 g/mol. The van der Waals surface area contributed by atoms with Crippen molar-refractivity contribution in [2.45, 2.75) is 19.9 Å². The summed E-state index contributed by atoms with van der Waals surface area (Å²) < 4.78 is 18.5. The summed E-state index contributed by atoms with van der Waals surface area (Å²) in [6.07, 6.45) is -0.0387. The van der Waals surface area contributed by atoms with Crippen LogP contribution in [0.2, 0.25) is 0 Å². The van der Waals surface area contributed by atoms with Gasteiger partial charge < -0.3 is 10.5 Å². The molecule has 5 heteroatoms. The highest BCUT2D eigenvalue weighted by Crippen LogP contribution is 2.18. The first-order valence-electron chi connectivity index (χ1n) is 5.20. The van der Waals surface area contributed by atoms with Crippen LogP contribution in [0.4, 0.5) is 4.39 Å². The van der Waals surface area contributed by atoms with E-state index in [0.29, 0.717) is 5.56 Å². The molecule has 0 aliphatic heterocycles. The average Bonchev–Trinajstić information content (AvgIpc) is 2.30. The Morgan fingerprint density at radius 3 is 2.82 bits per heavy atom. The standard InChI is InChI=1S/C12H13FN2O2/c1-2-17-11(16)5-8-3-4-9(6-14)12(13)10(8)7-15/h3-4H,2,5,7,15H2,1H3. The zero-order valence-electron chi connectivity index (χ0n) is 9.50. The quantitative estimate of drug-likeness (QED) is 0.798. The minimum absolute atomic E-state index is 0.0387. The number of carbonyl (C=O) groups excluding carboxylic acids is 1. The maximum Gasteiger partial charge on any atom is 0.310 e. The van der Waals surface area contributed by atoms with Crippen molar-refractivity contribution < 1.29 is 13.9 Å². The molecule has 17 heavy (non-hydrogen) atoms. The summed E-state index contributed by atoms with van der Waals surface area (Å²) in [5.41, 5.74) is 6.00. The second-order valence-corrected chi connectivity index (χ2v) is 3.36. The number of nitrogens with zero attached hydrogens (tertiary/aromatic N) is 1. The lowest BCUT2D eigenvalue weighted by Crippen LogP contribution is -2.13. The minimum Gasteiger partial charge on any atom is -0.466 e. The number of nitriles is 1. The Hall–Kier alpha value is -1.93. The van der Waals surface area contributed by atoms with E-state index in [2.05, 4.69) is 0 Å². The van der Waals surface area contributed by atoms with Gasteiger partial charge in [0.15, 0.2) is 0 Å². The van der Waals surface area contributed by atoms with Crippen LogP contribution in [0.5, 0.6) is 0 Å². The number of esters is 1. The summed E-state index contributed by atoms with van der Waals surface area (Å²) in [5.74, 6) is -1.09. The molecule has 0 unspecified atom stereocenters. The second kappa shape index (κ2) is 5.97. The van der Waals surface area contributed by atoms with Crippen molar-refractivity contribution in [2.24, 2.45) is 5.73 Å². The van der Waals surface area contributed by atoms with Gasteiger partial charge in [0.05, 0.1) is 18.6 Å². The number of rotatable bonds is 4. The molecule has 0 saturated heterocycles. The molecule has 0 amide bonds. The molecule has 1 aromatic rings. The van der Waals surface area contributed by atoms with Crippen molar-refractivity contribution in [3.8, 4) is 6.07 Å². The Morgan fingerprint density at radius 1 is 1.59 bits per heavy atom. The number of carbonyl (C=O) groups is 1. The minimum atomic E-state index is -0.656. The van der Waals surface area contributed by atoms with Crippen LogP contribution >= 0.6 is 0 Å². The highest BCUT2D eigenvalue weighted by atomic mass is 19.1. The number of ether oxygens (including phenoxy) is 1. The third kappa shape index (κ3) is 3.02. The Kier molecular flexibility index (Phi) is 4.61. The van der Waals surface area contributed by atoms with Crippen LogP contribution in [0.25, 0.3) is 0 Å². The van der Waals surface area contributed by atoms with Gasteiger partial charge in [-0.2, -0.15) is 5.26 Å². The molecular formula is C12H13FN2O2. The monoisotopic (exact) mass is 236 g/mol. The fraction of sp³-hybridized carbons (Fsp3) is 0.333. The number of hydrogen-bond donors (Lipinski definition) is 1. The Labute approximate surface area is 98.8 Å². The van der Waals surface area contributed by atoms with Crippen LogP contribution in [-0.4, -0.2) is 12.6 Å². The number of benzene rings is 1. The van der Waals surface area contributed by atoms with Gasteiger partial charge in [0.2, 0.25) is 0 Å². The molecule has 1 rings (SSSR count). The second-order valence-electron chi connectivity index (χ2n) is 3.36. The maximum atomic E-state index is 13.7. The Morgan fingerprint density at radius 2 is 2.29 bits per heavy atom. The molecule has 2 N–H and O–H groups in total. The van der Waals surface area contributed by atoms with Crippen molar-refractivity contribution in [2.75, 3.05) is 6.61 Å². The van der Waals surface area contributed by atoms with Crippen LogP contribution in [0.1, 0.15) is 23.6 Å². The van der Waals surface area contributed by atoms with Crippen molar-refractivity contribution in [1.29, 1.82) is 5.26 Å². The van der Waals surface area contributed by atoms with E-state index in [1.165, 1.54) is 12.1 Å². The maximum absolute atomic E-state index is 13.7. The lowest BCUT2D eigenvalue weighted by molar-refractivity contribution is -0.142. The molecule has 0 aliphatic rings. The normalized spacial score (nSPS) is 9.76. The fourth-order valence-corrected chi connectivity index (χ4v) is 1.50. The Balaban J connectivity index is 3.05. The molecule has 4 nitrogen and oxygen atoms in total.